The van der Waals surface area contributed by atoms with E-state index < -0.39 is 35.8 Å². The first kappa shape index (κ1) is 19.2. The first-order valence-corrected chi connectivity index (χ1v) is 8.59. The van der Waals surface area contributed by atoms with E-state index in [1.54, 1.807) is 0 Å². The number of fused-ring (bicyclic) bond motifs is 1. The molecule has 0 aliphatic rings. The number of primary amides is 1. The van der Waals surface area contributed by atoms with Gasteiger partial charge in [0.1, 0.15) is 17.5 Å². The van der Waals surface area contributed by atoms with Gasteiger partial charge < -0.3 is 16.0 Å². The maximum absolute atomic E-state index is 14.4. The Morgan fingerprint density at radius 1 is 1.10 bits per heavy atom. The second-order valence-corrected chi connectivity index (χ2v) is 6.36. The van der Waals surface area contributed by atoms with Gasteiger partial charge in [-0.2, -0.15) is 0 Å². The molecule has 30 heavy (non-hydrogen) atoms. The van der Waals surface area contributed by atoms with Crippen molar-refractivity contribution in [3.63, 3.8) is 0 Å². The van der Waals surface area contributed by atoms with E-state index in [4.69, 9.17) is 5.73 Å². The summed E-state index contributed by atoms with van der Waals surface area (Å²) in [5.41, 5.74) is 5.83. The first-order valence-electron chi connectivity index (χ1n) is 8.59. The summed E-state index contributed by atoms with van der Waals surface area (Å²) in [4.78, 5) is 25.8. The Hall–Kier alpha value is -4.15. The van der Waals surface area contributed by atoms with Crippen LogP contribution in [-0.4, -0.2) is 38.3 Å². The molecule has 152 valence electrons. The number of benzene rings is 2. The van der Waals surface area contributed by atoms with Crippen molar-refractivity contribution in [1.29, 1.82) is 0 Å². The van der Waals surface area contributed by atoms with E-state index >= 15 is 0 Å². The van der Waals surface area contributed by atoms with Gasteiger partial charge >= 0.3 is 0 Å². The number of rotatable bonds is 5. The van der Waals surface area contributed by atoms with E-state index in [1.165, 1.54) is 30.5 Å². The lowest BCUT2D eigenvalue weighted by Gasteiger charge is -2.05. The average Bonchev–Trinajstić information content (AvgIpc) is 3.31. The molecular formula is C19H13F3N6O2. The van der Waals surface area contributed by atoms with E-state index in [0.29, 0.717) is 11.3 Å². The topological polar surface area (TPSA) is 119 Å². The Kier molecular flexibility index (Phi) is 4.70. The molecule has 0 aliphatic heterocycles. The normalized spacial score (nSPS) is 11.0. The molecule has 0 aliphatic carbocycles. The molecule has 0 radical (unpaired) electrons. The molecule has 4 rings (SSSR count). The molecule has 2 amide bonds. The van der Waals surface area contributed by atoms with Gasteiger partial charge in [-0.15, -0.1) is 5.10 Å². The molecule has 0 spiro atoms. The summed E-state index contributed by atoms with van der Waals surface area (Å²) in [6, 6.07) is 7.16. The monoisotopic (exact) mass is 414 g/mol. The Balaban J connectivity index is 1.87. The lowest BCUT2D eigenvalue weighted by Crippen LogP contribution is -2.33. The van der Waals surface area contributed by atoms with Crippen LogP contribution in [0.2, 0.25) is 0 Å². The molecule has 2 aromatic heterocycles. The van der Waals surface area contributed by atoms with Crippen molar-refractivity contribution in [2.24, 2.45) is 5.73 Å². The lowest BCUT2D eigenvalue weighted by atomic mass is 10.1. The van der Waals surface area contributed by atoms with Gasteiger partial charge in [-0.3, -0.25) is 9.59 Å². The van der Waals surface area contributed by atoms with Gasteiger partial charge in [0.05, 0.1) is 29.6 Å². The highest BCUT2D eigenvalue weighted by atomic mass is 19.1. The second kappa shape index (κ2) is 7.35. The number of amides is 2. The zero-order chi connectivity index (χ0) is 21.4. The zero-order valence-corrected chi connectivity index (χ0v) is 15.1. The minimum atomic E-state index is -0.834. The molecule has 0 saturated heterocycles. The third-order valence-corrected chi connectivity index (χ3v) is 4.31. The van der Waals surface area contributed by atoms with Crippen molar-refractivity contribution < 1.29 is 22.8 Å². The fourth-order valence-corrected chi connectivity index (χ4v) is 3.00. The highest BCUT2D eigenvalue weighted by Crippen LogP contribution is 2.35. The van der Waals surface area contributed by atoms with Crippen molar-refractivity contribution in [2.75, 3.05) is 6.54 Å². The van der Waals surface area contributed by atoms with Crippen molar-refractivity contribution in [3.8, 4) is 16.9 Å². The molecule has 0 bridgehead atoms. The number of carbonyl (C=O) groups is 2. The van der Waals surface area contributed by atoms with Crippen LogP contribution in [0.15, 0.2) is 42.6 Å². The molecular weight excluding hydrogens is 401 g/mol. The summed E-state index contributed by atoms with van der Waals surface area (Å²) in [6.07, 6.45) is 1.23. The van der Waals surface area contributed by atoms with E-state index in [0.717, 1.165) is 16.8 Å². The summed E-state index contributed by atoms with van der Waals surface area (Å²) in [7, 11) is 0. The standard InChI is InChI=1S/C19H13F3N6O2/c20-10-3-1-9(2-4-10)16-18(12-5-11(21)6-13(22)17(12)25-16)28-8-14(26-27-28)19(30)24-7-15(23)29/h1-6,8,25H,7H2,(H2,23,29)(H,24,30). The summed E-state index contributed by atoms with van der Waals surface area (Å²) in [6.45, 7) is -0.393. The van der Waals surface area contributed by atoms with E-state index in [2.05, 4.69) is 20.6 Å². The van der Waals surface area contributed by atoms with Crippen molar-refractivity contribution in [1.82, 2.24) is 25.3 Å². The number of hydrogen-bond acceptors (Lipinski definition) is 4. The molecule has 11 heteroatoms. The molecule has 4 N–H and O–H groups in total. The number of aromatic nitrogens is 4. The maximum atomic E-state index is 14.4. The molecule has 2 aromatic carbocycles. The third-order valence-electron chi connectivity index (χ3n) is 4.31. The number of halogens is 3. The van der Waals surface area contributed by atoms with Crippen LogP contribution < -0.4 is 11.1 Å². The Labute approximate surface area is 166 Å². The molecule has 0 unspecified atom stereocenters. The van der Waals surface area contributed by atoms with Crippen LogP contribution in [0.4, 0.5) is 13.2 Å². The maximum Gasteiger partial charge on any atom is 0.273 e. The number of aromatic amines is 1. The van der Waals surface area contributed by atoms with Crippen LogP contribution in [0.1, 0.15) is 10.5 Å². The van der Waals surface area contributed by atoms with E-state index in [1.807, 2.05) is 0 Å². The Morgan fingerprint density at radius 2 is 1.83 bits per heavy atom. The molecule has 8 nitrogen and oxygen atoms in total. The van der Waals surface area contributed by atoms with Crippen LogP contribution in [0.25, 0.3) is 27.8 Å². The molecule has 0 saturated carbocycles. The van der Waals surface area contributed by atoms with Crippen molar-refractivity contribution in [2.45, 2.75) is 0 Å². The second-order valence-electron chi connectivity index (χ2n) is 6.36. The molecule has 0 fully saturated rings. The Morgan fingerprint density at radius 3 is 2.53 bits per heavy atom. The van der Waals surface area contributed by atoms with Crippen LogP contribution in [0, 0.1) is 17.5 Å². The van der Waals surface area contributed by atoms with Gasteiger partial charge in [-0.05, 0) is 30.3 Å². The number of H-pyrrole nitrogens is 1. The van der Waals surface area contributed by atoms with Crippen molar-refractivity contribution in [3.05, 3.63) is 65.7 Å². The zero-order valence-electron chi connectivity index (χ0n) is 15.1. The minimum Gasteiger partial charge on any atom is -0.368 e. The van der Waals surface area contributed by atoms with Crippen LogP contribution in [0.3, 0.4) is 0 Å². The van der Waals surface area contributed by atoms with Crippen LogP contribution in [0.5, 0.6) is 0 Å². The van der Waals surface area contributed by atoms with Gasteiger partial charge in [0.2, 0.25) is 5.91 Å². The third kappa shape index (κ3) is 3.48. The van der Waals surface area contributed by atoms with Gasteiger partial charge in [0.15, 0.2) is 5.69 Å². The quantitative estimate of drug-likeness (QED) is 0.463. The van der Waals surface area contributed by atoms with Gasteiger partial charge in [-0.25, -0.2) is 17.9 Å². The number of nitrogens with two attached hydrogens (primary N) is 1. The van der Waals surface area contributed by atoms with E-state index in [9.17, 15) is 22.8 Å². The van der Waals surface area contributed by atoms with Gasteiger partial charge in [0.25, 0.3) is 5.91 Å². The first-order chi connectivity index (χ1) is 14.3. The molecule has 4 aromatic rings. The highest BCUT2D eigenvalue weighted by Gasteiger charge is 2.21. The number of hydrogen-bond donors (Lipinski definition) is 3. The fraction of sp³-hybridized carbons (Fsp3) is 0.0526. The average molecular weight is 414 g/mol. The summed E-state index contributed by atoms with van der Waals surface area (Å²) >= 11 is 0. The number of nitrogens with one attached hydrogen (secondary N) is 2. The number of carbonyl (C=O) groups excluding carboxylic acids is 2. The Bertz CT molecular complexity index is 1280. The SMILES string of the molecule is NC(=O)CNC(=O)c1cn(-c2c(-c3ccc(F)cc3)[nH]c3c(F)cc(F)cc23)nn1. The fourth-order valence-electron chi connectivity index (χ4n) is 3.00. The summed E-state index contributed by atoms with van der Waals surface area (Å²) in [5, 5.41) is 10.0. The largest absolute Gasteiger partial charge is 0.368 e. The smallest absolute Gasteiger partial charge is 0.273 e. The van der Waals surface area contributed by atoms with Crippen LogP contribution >= 0.6 is 0 Å². The van der Waals surface area contributed by atoms with Crippen LogP contribution in [-0.2, 0) is 4.79 Å². The van der Waals surface area contributed by atoms with Gasteiger partial charge in [-0.1, -0.05) is 5.21 Å². The van der Waals surface area contributed by atoms with Crippen molar-refractivity contribution >= 4 is 22.7 Å². The predicted molar refractivity (Wildman–Crippen MR) is 100 cm³/mol. The lowest BCUT2D eigenvalue weighted by molar-refractivity contribution is -0.117. The van der Waals surface area contributed by atoms with Gasteiger partial charge in [0, 0.05) is 17.0 Å². The summed E-state index contributed by atoms with van der Waals surface area (Å²) in [5.74, 6) is -3.56. The molecule has 0 atom stereocenters. The highest BCUT2D eigenvalue weighted by molar-refractivity contribution is 5.98. The minimum absolute atomic E-state index is 0.000884. The molecule has 2 heterocycles. The summed E-state index contributed by atoms with van der Waals surface area (Å²) < 4.78 is 42.8. The van der Waals surface area contributed by atoms with E-state index in [-0.39, 0.29) is 22.3 Å². The number of nitrogens with zero attached hydrogens (tertiary/aromatic N) is 3. The predicted octanol–water partition coefficient (Wildman–Crippen LogP) is 2.05.